The van der Waals surface area contributed by atoms with Crippen LogP contribution < -0.4 is 5.73 Å². The molecule has 0 spiro atoms. The summed E-state index contributed by atoms with van der Waals surface area (Å²) in [6.45, 7) is 11.9. The van der Waals surface area contributed by atoms with Crippen molar-refractivity contribution in [2.75, 3.05) is 26.2 Å². The number of nitrogens with two attached hydrogens (primary N) is 1. The zero-order valence-corrected chi connectivity index (χ0v) is 12.2. The van der Waals surface area contributed by atoms with Gasteiger partial charge < -0.3 is 10.6 Å². The van der Waals surface area contributed by atoms with E-state index in [1.807, 2.05) is 0 Å². The summed E-state index contributed by atoms with van der Waals surface area (Å²) in [5.74, 6) is 0.859. The Bertz CT molecular complexity index is 201. The fourth-order valence-electron chi connectivity index (χ4n) is 3.13. The summed E-state index contributed by atoms with van der Waals surface area (Å²) in [4.78, 5) is 2.67. The van der Waals surface area contributed by atoms with Crippen LogP contribution in [-0.4, -0.2) is 31.1 Å². The lowest BCUT2D eigenvalue weighted by Crippen LogP contribution is -2.40. The first-order valence-electron chi connectivity index (χ1n) is 7.50. The molecule has 1 saturated heterocycles. The van der Waals surface area contributed by atoms with Crippen molar-refractivity contribution in [3.63, 3.8) is 0 Å². The largest absolute Gasteiger partial charge is 0.330 e. The van der Waals surface area contributed by atoms with Crippen molar-refractivity contribution < 1.29 is 0 Å². The van der Waals surface area contributed by atoms with E-state index in [-0.39, 0.29) is 0 Å². The van der Waals surface area contributed by atoms with Gasteiger partial charge in [-0.05, 0) is 63.1 Å². The van der Waals surface area contributed by atoms with E-state index in [0.29, 0.717) is 5.41 Å². The van der Waals surface area contributed by atoms with Crippen LogP contribution in [0.15, 0.2) is 0 Å². The molecule has 1 atom stereocenters. The third-order valence-corrected chi connectivity index (χ3v) is 4.22. The molecule has 1 heterocycles. The lowest BCUT2D eigenvalue weighted by atomic mass is 9.84. The molecular weight excluding hydrogens is 208 g/mol. The number of likely N-dealkylation sites (tertiary alicyclic amines) is 1. The van der Waals surface area contributed by atoms with Gasteiger partial charge in [-0.25, -0.2) is 0 Å². The van der Waals surface area contributed by atoms with Gasteiger partial charge >= 0.3 is 0 Å². The van der Waals surface area contributed by atoms with Crippen LogP contribution in [0.25, 0.3) is 0 Å². The number of nitrogens with zero attached hydrogens (tertiary/aromatic N) is 1. The Kier molecular flexibility index (Phi) is 6.50. The molecule has 0 amide bonds. The molecule has 2 heteroatoms. The van der Waals surface area contributed by atoms with E-state index in [1.54, 1.807) is 0 Å². The lowest BCUT2D eigenvalue weighted by molar-refractivity contribution is 0.114. The van der Waals surface area contributed by atoms with E-state index in [4.69, 9.17) is 5.73 Å². The van der Waals surface area contributed by atoms with Gasteiger partial charge in [0.25, 0.3) is 0 Å². The molecule has 17 heavy (non-hydrogen) atoms. The Hall–Kier alpha value is -0.0800. The molecule has 1 fully saturated rings. The maximum Gasteiger partial charge on any atom is 0.00327 e. The van der Waals surface area contributed by atoms with E-state index in [2.05, 4.69) is 25.7 Å². The molecule has 2 N–H and O–H groups in total. The summed E-state index contributed by atoms with van der Waals surface area (Å²) in [5.41, 5.74) is 6.19. The molecule has 0 bridgehead atoms. The van der Waals surface area contributed by atoms with Crippen molar-refractivity contribution in [2.45, 2.75) is 59.3 Å². The van der Waals surface area contributed by atoms with E-state index in [1.165, 1.54) is 58.2 Å². The highest BCUT2D eigenvalue weighted by Gasteiger charge is 2.25. The van der Waals surface area contributed by atoms with Gasteiger partial charge in [-0.15, -0.1) is 0 Å². The van der Waals surface area contributed by atoms with E-state index in [0.717, 1.165) is 12.5 Å². The van der Waals surface area contributed by atoms with E-state index in [9.17, 15) is 0 Å². The first-order chi connectivity index (χ1) is 8.07. The minimum Gasteiger partial charge on any atom is -0.330 e. The summed E-state index contributed by atoms with van der Waals surface area (Å²) in [7, 11) is 0. The highest BCUT2D eigenvalue weighted by atomic mass is 15.1. The molecule has 0 aliphatic carbocycles. The molecule has 0 aromatic carbocycles. The molecule has 0 radical (unpaired) electrons. The molecule has 1 aliphatic heterocycles. The van der Waals surface area contributed by atoms with E-state index >= 15 is 0 Å². The third kappa shape index (κ3) is 5.87. The summed E-state index contributed by atoms with van der Waals surface area (Å²) in [6.07, 6.45) is 8.01. The van der Waals surface area contributed by atoms with Gasteiger partial charge in [-0.1, -0.05) is 27.2 Å². The number of hydrogen-bond donors (Lipinski definition) is 1. The van der Waals surface area contributed by atoms with Gasteiger partial charge in [0.05, 0.1) is 0 Å². The molecule has 1 unspecified atom stereocenters. The smallest absolute Gasteiger partial charge is 0.00327 e. The Labute approximate surface area is 108 Å². The molecule has 1 aliphatic rings. The zero-order chi connectivity index (χ0) is 12.7. The van der Waals surface area contributed by atoms with Crippen LogP contribution in [0.5, 0.6) is 0 Å². The second-order valence-electron chi connectivity index (χ2n) is 6.54. The number of hydrogen-bond acceptors (Lipinski definition) is 2. The maximum absolute atomic E-state index is 5.64. The van der Waals surface area contributed by atoms with E-state index < -0.39 is 0 Å². The van der Waals surface area contributed by atoms with Gasteiger partial charge in [0, 0.05) is 6.54 Å². The molecule has 0 saturated carbocycles. The fraction of sp³-hybridized carbons (Fsp3) is 1.00. The average molecular weight is 240 g/mol. The maximum atomic E-state index is 5.64. The predicted octanol–water partition coefficient (Wildman–Crippen LogP) is 3.26. The summed E-state index contributed by atoms with van der Waals surface area (Å²) >= 11 is 0. The van der Waals surface area contributed by atoms with Crippen LogP contribution in [-0.2, 0) is 0 Å². The van der Waals surface area contributed by atoms with Gasteiger partial charge in [-0.3, -0.25) is 0 Å². The quantitative estimate of drug-likeness (QED) is 0.740. The van der Waals surface area contributed by atoms with Crippen molar-refractivity contribution in [1.82, 2.24) is 4.90 Å². The summed E-state index contributed by atoms with van der Waals surface area (Å²) in [5, 5.41) is 0. The minimum atomic E-state index is 0.541. The van der Waals surface area contributed by atoms with Crippen molar-refractivity contribution >= 4 is 0 Å². The Morgan fingerprint density at radius 2 is 2.06 bits per heavy atom. The predicted molar refractivity (Wildman–Crippen MR) is 76.1 cm³/mol. The van der Waals surface area contributed by atoms with Crippen LogP contribution in [0.3, 0.4) is 0 Å². The van der Waals surface area contributed by atoms with Crippen LogP contribution in [0.4, 0.5) is 0 Å². The molecular formula is C15H32N2. The van der Waals surface area contributed by atoms with Crippen LogP contribution in [0.2, 0.25) is 0 Å². The van der Waals surface area contributed by atoms with Crippen LogP contribution in [0, 0.1) is 11.3 Å². The fourth-order valence-corrected chi connectivity index (χ4v) is 3.13. The Balaban J connectivity index is 2.17. The number of piperidine rings is 1. The monoisotopic (exact) mass is 240 g/mol. The van der Waals surface area contributed by atoms with Gasteiger partial charge in [0.1, 0.15) is 0 Å². The zero-order valence-electron chi connectivity index (χ0n) is 12.2. The molecule has 2 nitrogen and oxygen atoms in total. The van der Waals surface area contributed by atoms with Crippen LogP contribution >= 0.6 is 0 Å². The molecule has 0 aromatic rings. The normalized spacial score (nSPS) is 22.6. The molecule has 0 aromatic heterocycles. The highest BCUT2D eigenvalue weighted by Crippen LogP contribution is 2.28. The standard InChI is InChI=1S/C15H32N2/c1-4-14(8-10-16)7-5-11-17-12-6-9-15(2,3)13-17/h14H,4-13,16H2,1-3H3. The van der Waals surface area contributed by atoms with Crippen molar-refractivity contribution in [3.8, 4) is 0 Å². The first kappa shape index (κ1) is 15.0. The highest BCUT2D eigenvalue weighted by molar-refractivity contribution is 4.79. The van der Waals surface area contributed by atoms with Gasteiger partial charge in [0.2, 0.25) is 0 Å². The second-order valence-corrected chi connectivity index (χ2v) is 6.54. The molecule has 1 rings (SSSR count). The average Bonchev–Trinajstić information content (AvgIpc) is 2.26. The van der Waals surface area contributed by atoms with Gasteiger partial charge in [-0.2, -0.15) is 0 Å². The lowest BCUT2D eigenvalue weighted by Gasteiger charge is -2.38. The van der Waals surface area contributed by atoms with Crippen molar-refractivity contribution in [2.24, 2.45) is 17.1 Å². The van der Waals surface area contributed by atoms with Crippen LogP contribution in [0.1, 0.15) is 59.3 Å². The van der Waals surface area contributed by atoms with Crippen molar-refractivity contribution in [1.29, 1.82) is 0 Å². The Morgan fingerprint density at radius 3 is 2.65 bits per heavy atom. The topological polar surface area (TPSA) is 29.3 Å². The van der Waals surface area contributed by atoms with Crippen molar-refractivity contribution in [3.05, 3.63) is 0 Å². The SMILES string of the molecule is CCC(CCN)CCCN1CCCC(C)(C)C1. The third-order valence-electron chi connectivity index (χ3n) is 4.22. The second kappa shape index (κ2) is 7.38. The number of rotatable bonds is 7. The first-order valence-corrected chi connectivity index (χ1v) is 7.50. The summed E-state index contributed by atoms with van der Waals surface area (Å²) < 4.78 is 0. The molecule has 102 valence electrons. The summed E-state index contributed by atoms with van der Waals surface area (Å²) in [6, 6.07) is 0. The van der Waals surface area contributed by atoms with Gasteiger partial charge in [0.15, 0.2) is 0 Å². The minimum absolute atomic E-state index is 0.541. The Morgan fingerprint density at radius 1 is 1.29 bits per heavy atom.